The van der Waals surface area contributed by atoms with E-state index in [0.717, 1.165) is 0 Å². The van der Waals surface area contributed by atoms with Crippen LogP contribution in [0.25, 0.3) is 0 Å². The molecule has 1 aromatic rings. The average molecular weight is 322 g/mol. The smallest absolute Gasteiger partial charge is 0.410 e. The Bertz CT molecular complexity index is 580. The van der Waals surface area contributed by atoms with Gasteiger partial charge in [0, 0.05) is 31.2 Å². The molecule has 1 aliphatic heterocycles. The highest BCUT2D eigenvalue weighted by Gasteiger charge is 2.32. The van der Waals surface area contributed by atoms with Crippen LogP contribution in [0.5, 0.6) is 0 Å². The van der Waals surface area contributed by atoms with Crippen LogP contribution in [0.15, 0.2) is 24.3 Å². The number of carbonyl (C=O) groups is 2. The molecule has 6 heteroatoms. The summed E-state index contributed by atoms with van der Waals surface area (Å²) in [6.07, 6.45) is -0.363. The van der Waals surface area contributed by atoms with Crippen molar-refractivity contribution < 1.29 is 18.7 Å². The highest BCUT2D eigenvalue weighted by atomic mass is 19.1. The molecule has 126 valence electrons. The number of ether oxygens (including phenoxy) is 1. The fraction of sp³-hybridized carbons (Fsp3) is 0.529. The van der Waals surface area contributed by atoms with E-state index in [2.05, 4.69) is 0 Å². The van der Waals surface area contributed by atoms with Crippen molar-refractivity contribution in [3.05, 3.63) is 35.6 Å². The number of halogens is 1. The second-order valence-corrected chi connectivity index (χ2v) is 6.78. The van der Waals surface area contributed by atoms with Crippen molar-refractivity contribution >= 4 is 12.0 Å². The molecule has 0 aliphatic carbocycles. The topological polar surface area (TPSA) is 49.9 Å². The van der Waals surface area contributed by atoms with Gasteiger partial charge in [-0.2, -0.15) is 0 Å². The van der Waals surface area contributed by atoms with Crippen molar-refractivity contribution in [1.29, 1.82) is 0 Å². The normalized spacial score (nSPS) is 18.7. The molecular weight excluding hydrogens is 299 g/mol. The standard InChI is InChI=1S/C17H23FN2O3/c1-12-11-19(16(22)23-17(2,3)4)9-10-20(12)15(21)13-5-7-14(18)8-6-13/h5-8,12H,9-11H2,1-4H3. The molecule has 1 saturated heterocycles. The van der Waals surface area contributed by atoms with E-state index in [4.69, 9.17) is 4.74 Å². The molecule has 0 aromatic heterocycles. The Kier molecular flexibility index (Phi) is 4.92. The third-order valence-corrected chi connectivity index (χ3v) is 3.63. The zero-order chi connectivity index (χ0) is 17.2. The summed E-state index contributed by atoms with van der Waals surface area (Å²) in [5.41, 5.74) is -0.0922. The molecule has 23 heavy (non-hydrogen) atoms. The number of amides is 2. The molecule has 0 N–H and O–H groups in total. The molecular formula is C17H23FN2O3. The molecule has 2 rings (SSSR count). The van der Waals surface area contributed by atoms with Gasteiger partial charge in [-0.15, -0.1) is 0 Å². The maximum atomic E-state index is 13.0. The number of hydrogen-bond acceptors (Lipinski definition) is 3. The summed E-state index contributed by atoms with van der Waals surface area (Å²) >= 11 is 0. The Labute approximate surface area is 136 Å². The number of carbonyl (C=O) groups excluding carboxylic acids is 2. The Morgan fingerprint density at radius 2 is 1.78 bits per heavy atom. The molecule has 1 unspecified atom stereocenters. The third kappa shape index (κ3) is 4.43. The van der Waals surface area contributed by atoms with Crippen LogP contribution in [-0.2, 0) is 4.74 Å². The molecule has 0 spiro atoms. The lowest BCUT2D eigenvalue weighted by molar-refractivity contribution is 0.00617. The Morgan fingerprint density at radius 1 is 1.17 bits per heavy atom. The molecule has 0 saturated carbocycles. The van der Waals surface area contributed by atoms with Gasteiger partial charge in [0.1, 0.15) is 11.4 Å². The van der Waals surface area contributed by atoms with Crippen LogP contribution in [0.1, 0.15) is 38.1 Å². The van der Waals surface area contributed by atoms with Gasteiger partial charge in [0.2, 0.25) is 0 Å². The molecule has 0 bridgehead atoms. The van der Waals surface area contributed by atoms with Gasteiger partial charge in [-0.1, -0.05) is 0 Å². The summed E-state index contributed by atoms with van der Waals surface area (Å²) in [5, 5.41) is 0. The lowest BCUT2D eigenvalue weighted by Gasteiger charge is -2.40. The van der Waals surface area contributed by atoms with Gasteiger partial charge in [0.25, 0.3) is 5.91 Å². The van der Waals surface area contributed by atoms with E-state index in [-0.39, 0.29) is 23.9 Å². The van der Waals surface area contributed by atoms with Gasteiger partial charge in [0.15, 0.2) is 0 Å². The monoisotopic (exact) mass is 322 g/mol. The van der Waals surface area contributed by atoms with Crippen LogP contribution in [0.2, 0.25) is 0 Å². The molecule has 1 atom stereocenters. The minimum Gasteiger partial charge on any atom is -0.444 e. The molecule has 2 amide bonds. The van der Waals surface area contributed by atoms with Crippen molar-refractivity contribution in [3.63, 3.8) is 0 Å². The number of piperazine rings is 1. The predicted octanol–water partition coefficient (Wildman–Crippen LogP) is 2.91. The number of hydrogen-bond donors (Lipinski definition) is 0. The van der Waals surface area contributed by atoms with Gasteiger partial charge >= 0.3 is 6.09 Å². The van der Waals surface area contributed by atoms with E-state index >= 15 is 0 Å². The van der Waals surface area contributed by atoms with Gasteiger partial charge < -0.3 is 14.5 Å². The van der Waals surface area contributed by atoms with Gasteiger partial charge in [0.05, 0.1) is 0 Å². The summed E-state index contributed by atoms with van der Waals surface area (Å²) < 4.78 is 18.3. The largest absolute Gasteiger partial charge is 0.444 e. The molecule has 5 nitrogen and oxygen atoms in total. The Balaban J connectivity index is 2.00. The van der Waals surface area contributed by atoms with Gasteiger partial charge in [-0.25, -0.2) is 9.18 Å². The fourth-order valence-corrected chi connectivity index (χ4v) is 2.51. The van der Waals surface area contributed by atoms with Crippen LogP contribution < -0.4 is 0 Å². The minimum atomic E-state index is -0.540. The quantitative estimate of drug-likeness (QED) is 0.799. The average Bonchev–Trinajstić information content (AvgIpc) is 2.45. The fourth-order valence-electron chi connectivity index (χ4n) is 2.51. The van der Waals surface area contributed by atoms with E-state index in [1.54, 1.807) is 9.80 Å². The minimum absolute atomic E-state index is 0.131. The molecule has 1 aliphatic rings. The first-order chi connectivity index (χ1) is 10.7. The van der Waals surface area contributed by atoms with Crippen molar-refractivity contribution in [2.75, 3.05) is 19.6 Å². The first-order valence-corrected chi connectivity index (χ1v) is 7.72. The summed E-state index contributed by atoms with van der Waals surface area (Å²) in [6.45, 7) is 8.62. The van der Waals surface area contributed by atoms with Crippen molar-refractivity contribution in [2.24, 2.45) is 0 Å². The molecule has 0 radical (unpaired) electrons. The summed E-state index contributed by atoms with van der Waals surface area (Å²) in [6, 6.07) is 5.37. The first-order valence-electron chi connectivity index (χ1n) is 7.72. The van der Waals surface area contributed by atoms with E-state index < -0.39 is 5.60 Å². The SMILES string of the molecule is CC1CN(C(=O)OC(C)(C)C)CCN1C(=O)c1ccc(F)cc1. The number of benzene rings is 1. The second kappa shape index (κ2) is 6.56. The lowest BCUT2D eigenvalue weighted by atomic mass is 10.1. The van der Waals surface area contributed by atoms with Crippen LogP contribution in [-0.4, -0.2) is 53.1 Å². The second-order valence-electron chi connectivity index (χ2n) is 6.78. The predicted molar refractivity (Wildman–Crippen MR) is 84.7 cm³/mol. The highest BCUT2D eigenvalue weighted by molar-refractivity contribution is 5.94. The molecule has 1 heterocycles. The lowest BCUT2D eigenvalue weighted by Crippen LogP contribution is -2.56. The van der Waals surface area contributed by atoms with Gasteiger partial charge in [-0.3, -0.25) is 4.79 Å². The van der Waals surface area contributed by atoms with Crippen molar-refractivity contribution in [2.45, 2.75) is 39.3 Å². The van der Waals surface area contributed by atoms with E-state index in [0.29, 0.717) is 25.2 Å². The zero-order valence-electron chi connectivity index (χ0n) is 14.0. The van der Waals surface area contributed by atoms with Crippen LogP contribution in [0.4, 0.5) is 9.18 Å². The van der Waals surface area contributed by atoms with E-state index in [9.17, 15) is 14.0 Å². The van der Waals surface area contributed by atoms with Crippen LogP contribution in [0, 0.1) is 5.82 Å². The van der Waals surface area contributed by atoms with E-state index in [1.807, 2.05) is 27.7 Å². The van der Waals surface area contributed by atoms with Gasteiger partial charge in [-0.05, 0) is 52.0 Å². The molecule has 1 fully saturated rings. The highest BCUT2D eigenvalue weighted by Crippen LogP contribution is 2.17. The van der Waals surface area contributed by atoms with Crippen molar-refractivity contribution in [1.82, 2.24) is 9.80 Å². The maximum absolute atomic E-state index is 13.0. The van der Waals surface area contributed by atoms with Crippen LogP contribution in [0.3, 0.4) is 0 Å². The Morgan fingerprint density at radius 3 is 2.30 bits per heavy atom. The Hall–Kier alpha value is -2.11. The number of rotatable bonds is 1. The van der Waals surface area contributed by atoms with Crippen molar-refractivity contribution in [3.8, 4) is 0 Å². The summed E-state index contributed by atoms with van der Waals surface area (Å²) in [4.78, 5) is 27.9. The summed E-state index contributed by atoms with van der Waals surface area (Å²) in [5.74, 6) is -0.523. The number of nitrogens with zero attached hydrogens (tertiary/aromatic N) is 2. The first kappa shape index (κ1) is 17.2. The zero-order valence-corrected chi connectivity index (χ0v) is 14.0. The van der Waals surface area contributed by atoms with Crippen LogP contribution >= 0.6 is 0 Å². The molecule has 1 aromatic carbocycles. The van der Waals surface area contributed by atoms with E-state index in [1.165, 1.54) is 24.3 Å². The summed E-state index contributed by atoms with van der Waals surface area (Å²) in [7, 11) is 0. The maximum Gasteiger partial charge on any atom is 0.410 e. The third-order valence-electron chi connectivity index (χ3n) is 3.63.